The van der Waals surface area contributed by atoms with Crippen molar-refractivity contribution < 1.29 is 9.90 Å². The van der Waals surface area contributed by atoms with Gasteiger partial charge in [-0.05, 0) is 26.2 Å². The molecule has 0 spiro atoms. The minimum absolute atomic E-state index is 0.248. The van der Waals surface area contributed by atoms with E-state index in [1.54, 1.807) is 13.8 Å². The van der Waals surface area contributed by atoms with Crippen LogP contribution < -0.4 is 0 Å². The van der Waals surface area contributed by atoms with Crippen molar-refractivity contribution >= 4 is 5.97 Å². The van der Waals surface area contributed by atoms with Crippen molar-refractivity contribution in [1.29, 1.82) is 0 Å². The average molecular weight is 185 g/mol. The maximum absolute atomic E-state index is 10.9. The Kier molecular flexibility index (Phi) is 5.04. The van der Waals surface area contributed by atoms with Gasteiger partial charge in [-0.1, -0.05) is 33.1 Å². The lowest BCUT2D eigenvalue weighted by Gasteiger charge is -2.28. The molecule has 2 nitrogen and oxygen atoms in total. The molecule has 0 aromatic carbocycles. The molecule has 0 fully saturated rings. The highest BCUT2D eigenvalue weighted by Gasteiger charge is 2.36. The average Bonchev–Trinajstić information content (AvgIpc) is 2.05. The van der Waals surface area contributed by atoms with Gasteiger partial charge in [-0.3, -0.25) is 0 Å². The van der Waals surface area contributed by atoms with Crippen LogP contribution in [0.4, 0.5) is 0 Å². The van der Waals surface area contributed by atoms with Gasteiger partial charge in [-0.15, -0.1) is 0 Å². The molecule has 0 bridgehead atoms. The van der Waals surface area contributed by atoms with E-state index in [4.69, 9.17) is 0 Å². The van der Waals surface area contributed by atoms with Gasteiger partial charge in [-0.2, -0.15) is 0 Å². The fourth-order valence-electron chi connectivity index (χ4n) is 1.69. The van der Waals surface area contributed by atoms with Crippen LogP contribution in [0.2, 0.25) is 0 Å². The lowest BCUT2D eigenvalue weighted by atomic mass is 9.75. The Morgan fingerprint density at radius 1 is 1.31 bits per heavy atom. The molecule has 0 rings (SSSR count). The summed E-state index contributed by atoms with van der Waals surface area (Å²) in [6.07, 6.45) is 4.14. The van der Waals surface area contributed by atoms with E-state index in [9.17, 15) is 9.90 Å². The molecule has 0 aliphatic rings. The molecule has 0 saturated heterocycles. The van der Waals surface area contributed by atoms with Crippen LogP contribution in [-0.4, -0.2) is 5.97 Å². The van der Waals surface area contributed by atoms with E-state index >= 15 is 0 Å². The third-order valence-electron chi connectivity index (χ3n) is 2.95. The number of carbonyl (C=O) groups is 1. The van der Waals surface area contributed by atoms with E-state index < -0.39 is 11.4 Å². The predicted octanol–water partition coefficient (Wildman–Crippen LogP) is 3.19. The molecule has 0 aromatic heterocycles. The lowest BCUT2D eigenvalue weighted by molar-refractivity contribution is -0.157. The van der Waals surface area contributed by atoms with Gasteiger partial charge in [-0.25, -0.2) is 9.90 Å². The maximum Gasteiger partial charge on any atom is 0.361 e. The van der Waals surface area contributed by atoms with E-state index in [1.165, 1.54) is 0 Å². The van der Waals surface area contributed by atoms with Crippen molar-refractivity contribution in [2.75, 3.05) is 0 Å². The van der Waals surface area contributed by atoms with Gasteiger partial charge in [0, 0.05) is 0 Å². The SMILES string of the molecule is CCCCC(CC)C(C)(C)C([O])=O. The normalized spacial score (nSPS) is 14.2. The first-order valence-electron chi connectivity index (χ1n) is 5.18. The Morgan fingerprint density at radius 3 is 2.15 bits per heavy atom. The zero-order valence-electron chi connectivity index (χ0n) is 9.22. The standard InChI is InChI=1S/C11H21O2/c1-5-7-8-9(6-2)11(3,4)10(12)13/h9H,5-8H2,1-4H3. The van der Waals surface area contributed by atoms with E-state index in [1.807, 2.05) is 6.92 Å². The summed E-state index contributed by atoms with van der Waals surface area (Å²) in [6, 6.07) is 0. The minimum atomic E-state index is -0.921. The first-order valence-corrected chi connectivity index (χ1v) is 5.18. The number of unbranched alkanes of at least 4 members (excludes halogenated alkanes) is 1. The zero-order valence-corrected chi connectivity index (χ0v) is 9.22. The lowest BCUT2D eigenvalue weighted by Crippen LogP contribution is -2.31. The summed E-state index contributed by atoms with van der Waals surface area (Å²) < 4.78 is 0. The van der Waals surface area contributed by atoms with Crippen LogP contribution in [-0.2, 0) is 9.90 Å². The summed E-state index contributed by atoms with van der Waals surface area (Å²) in [5.74, 6) is -0.673. The summed E-state index contributed by atoms with van der Waals surface area (Å²) in [5, 5.41) is 10.9. The molecule has 0 amide bonds. The van der Waals surface area contributed by atoms with Crippen molar-refractivity contribution in [3.8, 4) is 0 Å². The van der Waals surface area contributed by atoms with Gasteiger partial charge in [0.05, 0.1) is 5.41 Å². The molecule has 13 heavy (non-hydrogen) atoms. The zero-order chi connectivity index (χ0) is 10.5. The van der Waals surface area contributed by atoms with Gasteiger partial charge in [0.1, 0.15) is 0 Å². The Morgan fingerprint density at radius 2 is 1.85 bits per heavy atom. The first kappa shape index (κ1) is 12.5. The van der Waals surface area contributed by atoms with Gasteiger partial charge < -0.3 is 0 Å². The molecule has 0 N–H and O–H groups in total. The van der Waals surface area contributed by atoms with Gasteiger partial charge in [0.15, 0.2) is 0 Å². The Balaban J connectivity index is 4.28. The molecule has 0 aliphatic carbocycles. The third-order valence-corrected chi connectivity index (χ3v) is 2.95. The Bertz CT molecular complexity index is 161. The summed E-state index contributed by atoms with van der Waals surface area (Å²) in [5.41, 5.74) is -0.677. The third kappa shape index (κ3) is 3.37. The number of hydrogen-bond donors (Lipinski definition) is 0. The second-order valence-electron chi connectivity index (χ2n) is 4.26. The number of carbonyl (C=O) groups excluding carboxylic acids is 1. The molecule has 0 heterocycles. The van der Waals surface area contributed by atoms with E-state index in [0.717, 1.165) is 25.7 Å². The van der Waals surface area contributed by atoms with Crippen molar-refractivity contribution in [2.45, 2.75) is 53.4 Å². The second-order valence-corrected chi connectivity index (χ2v) is 4.26. The minimum Gasteiger partial charge on any atom is -0.247 e. The van der Waals surface area contributed by atoms with Crippen LogP contribution in [0.15, 0.2) is 0 Å². The summed E-state index contributed by atoms with van der Waals surface area (Å²) in [4.78, 5) is 10.9. The molecule has 77 valence electrons. The monoisotopic (exact) mass is 185 g/mol. The highest BCUT2D eigenvalue weighted by atomic mass is 16.4. The largest absolute Gasteiger partial charge is 0.361 e. The number of hydrogen-bond acceptors (Lipinski definition) is 1. The van der Waals surface area contributed by atoms with Gasteiger partial charge in [0.2, 0.25) is 0 Å². The Hall–Kier alpha value is -0.530. The first-order chi connectivity index (χ1) is 5.96. The fourth-order valence-corrected chi connectivity index (χ4v) is 1.69. The van der Waals surface area contributed by atoms with Crippen molar-refractivity contribution in [3.63, 3.8) is 0 Å². The fraction of sp³-hybridized carbons (Fsp3) is 0.909. The van der Waals surface area contributed by atoms with Crippen LogP contribution >= 0.6 is 0 Å². The highest BCUT2D eigenvalue weighted by molar-refractivity contribution is 5.73. The summed E-state index contributed by atoms with van der Waals surface area (Å²) in [7, 11) is 0. The molecular formula is C11H21O2. The molecule has 0 aromatic rings. The van der Waals surface area contributed by atoms with E-state index in [2.05, 4.69) is 6.92 Å². The van der Waals surface area contributed by atoms with Crippen LogP contribution in [0.25, 0.3) is 0 Å². The molecule has 0 saturated carbocycles. The molecule has 1 radical (unpaired) electrons. The van der Waals surface area contributed by atoms with Crippen LogP contribution in [0.3, 0.4) is 0 Å². The molecule has 0 aliphatic heterocycles. The van der Waals surface area contributed by atoms with Gasteiger partial charge in [0.25, 0.3) is 0 Å². The van der Waals surface area contributed by atoms with E-state index in [0.29, 0.717) is 0 Å². The van der Waals surface area contributed by atoms with Crippen molar-refractivity contribution in [1.82, 2.24) is 0 Å². The summed E-state index contributed by atoms with van der Waals surface area (Å²) in [6.45, 7) is 7.71. The quantitative estimate of drug-likeness (QED) is 0.626. The van der Waals surface area contributed by atoms with E-state index in [-0.39, 0.29) is 5.92 Å². The molecule has 1 atom stereocenters. The molecular weight excluding hydrogens is 164 g/mol. The predicted molar refractivity (Wildman–Crippen MR) is 52.8 cm³/mol. The van der Waals surface area contributed by atoms with Crippen LogP contribution in [0, 0.1) is 11.3 Å². The van der Waals surface area contributed by atoms with Crippen LogP contribution in [0.1, 0.15) is 53.4 Å². The maximum atomic E-state index is 10.9. The van der Waals surface area contributed by atoms with Gasteiger partial charge >= 0.3 is 5.97 Å². The van der Waals surface area contributed by atoms with Crippen molar-refractivity contribution in [3.05, 3.63) is 0 Å². The smallest absolute Gasteiger partial charge is 0.247 e. The number of rotatable bonds is 6. The topological polar surface area (TPSA) is 37.0 Å². The second kappa shape index (κ2) is 5.25. The highest BCUT2D eigenvalue weighted by Crippen LogP contribution is 2.33. The Labute approximate surface area is 81.3 Å². The van der Waals surface area contributed by atoms with Crippen molar-refractivity contribution in [2.24, 2.45) is 11.3 Å². The van der Waals surface area contributed by atoms with Crippen LogP contribution in [0.5, 0.6) is 0 Å². The molecule has 1 unspecified atom stereocenters. The summed E-state index contributed by atoms with van der Waals surface area (Å²) >= 11 is 0. The molecule has 2 heteroatoms.